The van der Waals surface area contributed by atoms with Gasteiger partial charge in [-0.05, 0) is 17.7 Å². The summed E-state index contributed by atoms with van der Waals surface area (Å²) in [7, 11) is 6.06. The van der Waals surface area contributed by atoms with E-state index in [0.29, 0.717) is 51.1 Å². The molecule has 0 spiro atoms. The van der Waals surface area contributed by atoms with Crippen molar-refractivity contribution in [3.05, 3.63) is 46.7 Å². The Morgan fingerprint density at radius 3 is 2.34 bits per heavy atom. The van der Waals surface area contributed by atoms with Gasteiger partial charge in [0.05, 0.1) is 45.4 Å². The molecule has 0 radical (unpaired) electrons. The summed E-state index contributed by atoms with van der Waals surface area (Å²) in [5, 5.41) is 13.6. The van der Waals surface area contributed by atoms with E-state index in [1.54, 1.807) is 31.4 Å². The van der Waals surface area contributed by atoms with Crippen LogP contribution in [0.4, 0.5) is 5.69 Å². The molecular weight excluding hydrogens is 378 g/mol. The number of ether oxygens (including phenoxy) is 5. The topological polar surface area (TPSA) is 95.5 Å². The largest absolute Gasteiger partial charge is 0.504 e. The van der Waals surface area contributed by atoms with Gasteiger partial charge in [0.25, 0.3) is 0 Å². The van der Waals surface area contributed by atoms with Crippen LogP contribution in [0.2, 0.25) is 0 Å². The quantitative estimate of drug-likeness (QED) is 0.741. The summed E-state index contributed by atoms with van der Waals surface area (Å²) in [5.41, 5.74) is 3.21. The number of phenolic OH excluding ortho intramolecular Hbond substituents is 1. The number of hydrogen-bond acceptors (Lipinski definition) is 8. The Labute approximate surface area is 167 Å². The lowest BCUT2D eigenvalue weighted by Gasteiger charge is -2.30. The fraction of sp³-hybridized carbons (Fsp3) is 0.286. The summed E-state index contributed by atoms with van der Waals surface area (Å²) in [4.78, 5) is 12.6. The maximum absolute atomic E-state index is 12.6. The number of fused-ring (bicyclic) bond motifs is 1. The highest BCUT2D eigenvalue weighted by atomic mass is 16.5. The molecule has 0 aromatic heterocycles. The molecule has 0 bridgehead atoms. The lowest BCUT2D eigenvalue weighted by atomic mass is 9.80. The minimum absolute atomic E-state index is 0.0296. The predicted molar refractivity (Wildman–Crippen MR) is 104 cm³/mol. The van der Waals surface area contributed by atoms with Gasteiger partial charge in [-0.3, -0.25) is 0 Å². The average molecular weight is 399 g/mol. The third-order valence-electron chi connectivity index (χ3n) is 5.16. The van der Waals surface area contributed by atoms with Crippen molar-refractivity contribution in [2.24, 2.45) is 0 Å². The van der Waals surface area contributed by atoms with E-state index in [2.05, 4.69) is 5.32 Å². The molecule has 1 atom stereocenters. The van der Waals surface area contributed by atoms with Gasteiger partial charge in [-0.1, -0.05) is 6.07 Å². The van der Waals surface area contributed by atoms with Crippen LogP contribution in [0.3, 0.4) is 0 Å². The van der Waals surface area contributed by atoms with Gasteiger partial charge < -0.3 is 34.1 Å². The zero-order valence-electron chi connectivity index (χ0n) is 16.5. The maximum Gasteiger partial charge on any atom is 0.337 e. The first-order valence-corrected chi connectivity index (χ1v) is 8.90. The monoisotopic (exact) mass is 399 g/mol. The van der Waals surface area contributed by atoms with Gasteiger partial charge in [-0.15, -0.1) is 0 Å². The Hall–Kier alpha value is -3.55. The molecule has 2 aliphatic heterocycles. The Morgan fingerprint density at radius 2 is 1.72 bits per heavy atom. The van der Waals surface area contributed by atoms with Crippen LogP contribution in [0.25, 0.3) is 0 Å². The molecule has 2 aromatic carbocycles. The zero-order valence-corrected chi connectivity index (χ0v) is 16.5. The average Bonchev–Trinajstić information content (AvgIpc) is 3.10. The van der Waals surface area contributed by atoms with Crippen LogP contribution in [0.5, 0.6) is 28.7 Å². The number of aromatic hydroxyl groups is 1. The lowest BCUT2D eigenvalue weighted by Crippen LogP contribution is -2.21. The number of hydrogen-bond donors (Lipinski definition) is 2. The van der Waals surface area contributed by atoms with E-state index in [1.807, 2.05) is 0 Å². The summed E-state index contributed by atoms with van der Waals surface area (Å²) < 4.78 is 27.1. The molecule has 2 aromatic rings. The SMILES string of the molecule is COc1ccc(C2C3=C(COC3=O)Nc3cc(OC)c(OC)c(OC)c32)cc1O. The maximum atomic E-state index is 12.6. The summed E-state index contributed by atoms with van der Waals surface area (Å²) >= 11 is 0. The number of carbonyl (C=O) groups is 1. The van der Waals surface area contributed by atoms with Crippen LogP contribution >= 0.6 is 0 Å². The van der Waals surface area contributed by atoms with E-state index in [4.69, 9.17) is 23.7 Å². The van der Waals surface area contributed by atoms with Crippen LogP contribution < -0.4 is 24.3 Å². The van der Waals surface area contributed by atoms with E-state index in [1.165, 1.54) is 21.3 Å². The second-order valence-electron chi connectivity index (χ2n) is 6.56. The third kappa shape index (κ3) is 2.79. The standard InChI is InChI=1S/C21H21NO7/c1-25-14-6-5-10(7-13(14)23)16-17-11(22-12-9-29-21(24)18(12)16)8-15(26-2)19(27-3)20(17)28-4/h5-8,16,22-23H,9H2,1-4H3. The summed E-state index contributed by atoms with van der Waals surface area (Å²) in [6.45, 7) is 0.142. The van der Waals surface area contributed by atoms with Crippen LogP contribution in [-0.4, -0.2) is 46.1 Å². The van der Waals surface area contributed by atoms with E-state index in [-0.39, 0.29) is 12.4 Å². The second-order valence-corrected chi connectivity index (χ2v) is 6.56. The fourth-order valence-electron chi connectivity index (χ4n) is 3.91. The van der Waals surface area contributed by atoms with E-state index < -0.39 is 11.9 Å². The molecule has 2 N–H and O–H groups in total. The number of carbonyl (C=O) groups excluding carboxylic acids is 1. The molecule has 8 heteroatoms. The molecule has 8 nitrogen and oxygen atoms in total. The van der Waals surface area contributed by atoms with Crippen molar-refractivity contribution >= 4 is 11.7 Å². The van der Waals surface area contributed by atoms with E-state index in [0.717, 1.165) is 0 Å². The van der Waals surface area contributed by atoms with Crippen LogP contribution in [0, 0.1) is 0 Å². The first-order chi connectivity index (χ1) is 14.0. The van der Waals surface area contributed by atoms with Crippen molar-refractivity contribution in [1.82, 2.24) is 0 Å². The number of anilines is 1. The molecule has 1 unspecified atom stereocenters. The number of benzene rings is 2. The first kappa shape index (κ1) is 18.8. The molecule has 0 amide bonds. The molecule has 0 fully saturated rings. The van der Waals surface area contributed by atoms with Crippen molar-refractivity contribution in [3.63, 3.8) is 0 Å². The highest BCUT2D eigenvalue weighted by Crippen LogP contribution is 2.54. The minimum atomic E-state index is -0.539. The van der Waals surface area contributed by atoms with Gasteiger partial charge in [0, 0.05) is 17.5 Å². The molecule has 0 aliphatic carbocycles. The Bertz CT molecular complexity index is 1030. The van der Waals surface area contributed by atoms with Gasteiger partial charge in [-0.25, -0.2) is 4.79 Å². The number of esters is 1. The number of rotatable bonds is 5. The van der Waals surface area contributed by atoms with Crippen molar-refractivity contribution in [2.45, 2.75) is 5.92 Å². The normalized spacial score (nSPS) is 17.1. The molecule has 2 heterocycles. The van der Waals surface area contributed by atoms with Gasteiger partial charge in [0.15, 0.2) is 23.0 Å². The van der Waals surface area contributed by atoms with Crippen molar-refractivity contribution in [2.75, 3.05) is 40.4 Å². The van der Waals surface area contributed by atoms with Crippen molar-refractivity contribution in [3.8, 4) is 28.7 Å². The smallest absolute Gasteiger partial charge is 0.337 e. The summed E-state index contributed by atoms with van der Waals surface area (Å²) in [5.74, 6) is 0.678. The van der Waals surface area contributed by atoms with E-state index in [9.17, 15) is 9.90 Å². The van der Waals surface area contributed by atoms with Gasteiger partial charge in [-0.2, -0.15) is 0 Å². The summed E-state index contributed by atoms with van der Waals surface area (Å²) in [6.07, 6.45) is 0. The Kier molecular flexibility index (Phi) is 4.62. The predicted octanol–water partition coefficient (Wildman–Crippen LogP) is 2.79. The van der Waals surface area contributed by atoms with Crippen LogP contribution in [0.15, 0.2) is 35.5 Å². The van der Waals surface area contributed by atoms with Crippen LogP contribution in [0.1, 0.15) is 17.0 Å². The van der Waals surface area contributed by atoms with Crippen molar-refractivity contribution < 1.29 is 33.6 Å². The molecule has 0 saturated carbocycles. The van der Waals surface area contributed by atoms with Crippen molar-refractivity contribution in [1.29, 1.82) is 0 Å². The van der Waals surface area contributed by atoms with Gasteiger partial charge in [0.1, 0.15) is 6.61 Å². The van der Waals surface area contributed by atoms with Crippen LogP contribution in [-0.2, 0) is 9.53 Å². The summed E-state index contributed by atoms with van der Waals surface area (Å²) in [6, 6.07) is 6.81. The number of cyclic esters (lactones) is 1. The Morgan fingerprint density at radius 1 is 1.00 bits per heavy atom. The Balaban J connectivity index is 2.01. The fourth-order valence-corrected chi connectivity index (χ4v) is 3.91. The molecule has 29 heavy (non-hydrogen) atoms. The van der Waals surface area contributed by atoms with Gasteiger partial charge in [0.2, 0.25) is 5.75 Å². The third-order valence-corrected chi connectivity index (χ3v) is 5.16. The highest BCUT2D eigenvalue weighted by molar-refractivity contribution is 5.98. The number of methoxy groups -OCH3 is 4. The lowest BCUT2D eigenvalue weighted by molar-refractivity contribution is -0.136. The van der Waals surface area contributed by atoms with E-state index >= 15 is 0 Å². The highest BCUT2D eigenvalue weighted by Gasteiger charge is 2.42. The molecular formula is C21H21NO7. The minimum Gasteiger partial charge on any atom is -0.504 e. The molecule has 2 aliphatic rings. The van der Waals surface area contributed by atoms with Gasteiger partial charge >= 0.3 is 5.97 Å². The number of nitrogens with one attached hydrogen (secondary N) is 1. The second kappa shape index (κ2) is 7.12. The first-order valence-electron chi connectivity index (χ1n) is 8.90. The molecule has 4 rings (SSSR count). The molecule has 0 saturated heterocycles. The number of phenols is 1. The molecule has 152 valence electrons. The zero-order chi connectivity index (χ0) is 20.7.